The molecule has 1 aromatic heterocycles. The van der Waals surface area contributed by atoms with Crippen LogP contribution in [0.25, 0.3) is 11.3 Å². The van der Waals surface area contributed by atoms with Crippen molar-refractivity contribution in [2.24, 2.45) is 0 Å². The Kier molecular flexibility index (Phi) is 4.47. The summed E-state index contributed by atoms with van der Waals surface area (Å²) in [5.74, 6) is 0.526. The Morgan fingerprint density at radius 1 is 1.25 bits per heavy atom. The summed E-state index contributed by atoms with van der Waals surface area (Å²) in [4.78, 5) is 8.39. The first-order valence-electron chi connectivity index (χ1n) is 6.19. The molecular weight excluding hydrogens is 261 g/mol. The van der Waals surface area contributed by atoms with E-state index >= 15 is 0 Å². The fourth-order valence-corrected chi connectivity index (χ4v) is 1.75. The van der Waals surface area contributed by atoms with E-state index in [2.05, 4.69) is 9.97 Å². The van der Waals surface area contributed by atoms with Crippen LogP contribution in [0.4, 0.5) is 10.2 Å². The number of halogens is 1. The number of benzene rings is 1. The van der Waals surface area contributed by atoms with E-state index in [0.717, 1.165) is 0 Å². The second kappa shape index (κ2) is 6.29. The highest BCUT2D eigenvalue weighted by Gasteiger charge is 2.09. The molecule has 0 bridgehead atoms. The van der Waals surface area contributed by atoms with Crippen molar-refractivity contribution in [1.29, 1.82) is 0 Å². The van der Waals surface area contributed by atoms with Crippen LogP contribution >= 0.6 is 0 Å². The first kappa shape index (κ1) is 14.2. The molecule has 1 aromatic carbocycles. The number of nitrogen functional groups attached to an aromatic ring is 1. The summed E-state index contributed by atoms with van der Waals surface area (Å²) >= 11 is 0. The highest BCUT2D eigenvalue weighted by Crippen LogP contribution is 2.25. The van der Waals surface area contributed by atoms with Gasteiger partial charge in [-0.15, -0.1) is 0 Å². The van der Waals surface area contributed by atoms with E-state index in [-0.39, 0.29) is 12.4 Å². The van der Waals surface area contributed by atoms with Crippen molar-refractivity contribution in [3.8, 4) is 17.0 Å². The number of rotatable bonds is 5. The minimum absolute atomic E-state index is 0.185. The standard InChI is InChI=1S/C14H16FN3O2/c1-3-20-8-14-17-11(7-13(16)18-14)9-4-5-12(19-2)10(15)6-9/h4-7H,3,8H2,1-2H3,(H2,16,17,18). The van der Waals surface area contributed by atoms with E-state index < -0.39 is 5.82 Å². The van der Waals surface area contributed by atoms with Crippen LogP contribution in [0.15, 0.2) is 24.3 Å². The molecule has 0 spiro atoms. The van der Waals surface area contributed by atoms with Crippen LogP contribution in [0.5, 0.6) is 5.75 Å². The number of aromatic nitrogens is 2. The number of anilines is 1. The molecular formula is C14H16FN3O2. The molecule has 0 fully saturated rings. The molecule has 0 amide bonds. The maximum absolute atomic E-state index is 13.7. The number of hydrogen-bond donors (Lipinski definition) is 1. The van der Waals surface area contributed by atoms with E-state index in [1.165, 1.54) is 13.2 Å². The normalized spacial score (nSPS) is 10.6. The SMILES string of the molecule is CCOCc1nc(N)cc(-c2ccc(OC)c(F)c2)n1. The molecule has 0 atom stereocenters. The smallest absolute Gasteiger partial charge is 0.165 e. The number of hydrogen-bond acceptors (Lipinski definition) is 5. The third-order valence-electron chi connectivity index (χ3n) is 2.68. The minimum Gasteiger partial charge on any atom is -0.494 e. The van der Waals surface area contributed by atoms with Gasteiger partial charge in [0.15, 0.2) is 17.4 Å². The van der Waals surface area contributed by atoms with Gasteiger partial charge in [-0.1, -0.05) is 0 Å². The van der Waals surface area contributed by atoms with E-state index in [1.807, 2.05) is 6.92 Å². The highest BCUT2D eigenvalue weighted by molar-refractivity contribution is 5.62. The zero-order valence-corrected chi connectivity index (χ0v) is 11.4. The van der Waals surface area contributed by atoms with Crippen molar-refractivity contribution in [1.82, 2.24) is 9.97 Å². The summed E-state index contributed by atoms with van der Waals surface area (Å²) in [6.45, 7) is 2.71. The van der Waals surface area contributed by atoms with Gasteiger partial charge >= 0.3 is 0 Å². The van der Waals surface area contributed by atoms with E-state index in [4.69, 9.17) is 15.2 Å². The van der Waals surface area contributed by atoms with Crippen molar-refractivity contribution in [2.75, 3.05) is 19.5 Å². The largest absolute Gasteiger partial charge is 0.494 e. The van der Waals surface area contributed by atoms with E-state index in [0.29, 0.717) is 29.5 Å². The molecule has 0 saturated carbocycles. The Morgan fingerprint density at radius 2 is 2.05 bits per heavy atom. The second-order valence-electron chi connectivity index (χ2n) is 4.08. The molecule has 2 aromatic rings. The van der Waals surface area contributed by atoms with Crippen molar-refractivity contribution in [3.05, 3.63) is 35.9 Å². The van der Waals surface area contributed by atoms with Gasteiger partial charge in [0, 0.05) is 18.2 Å². The van der Waals surface area contributed by atoms with Gasteiger partial charge in [-0.3, -0.25) is 0 Å². The van der Waals surface area contributed by atoms with Gasteiger partial charge in [0.25, 0.3) is 0 Å². The van der Waals surface area contributed by atoms with Gasteiger partial charge in [-0.25, -0.2) is 14.4 Å². The zero-order valence-electron chi connectivity index (χ0n) is 11.4. The van der Waals surface area contributed by atoms with Crippen LogP contribution in [0.3, 0.4) is 0 Å². The molecule has 0 saturated heterocycles. The molecule has 6 heteroatoms. The summed E-state index contributed by atoms with van der Waals surface area (Å²) in [6, 6.07) is 6.21. The summed E-state index contributed by atoms with van der Waals surface area (Å²) in [6.07, 6.45) is 0. The van der Waals surface area contributed by atoms with Crippen LogP contribution in [-0.4, -0.2) is 23.7 Å². The maximum atomic E-state index is 13.7. The lowest BCUT2D eigenvalue weighted by molar-refractivity contribution is 0.128. The van der Waals surface area contributed by atoms with Crippen molar-refractivity contribution >= 4 is 5.82 Å². The topological polar surface area (TPSA) is 70.3 Å². The monoisotopic (exact) mass is 277 g/mol. The molecule has 0 aliphatic heterocycles. The Labute approximate surface area is 116 Å². The molecule has 20 heavy (non-hydrogen) atoms. The summed E-state index contributed by atoms with van der Waals surface area (Å²) in [5, 5.41) is 0. The van der Waals surface area contributed by atoms with Gasteiger partial charge in [-0.2, -0.15) is 0 Å². The van der Waals surface area contributed by atoms with Gasteiger partial charge in [0.2, 0.25) is 0 Å². The fraction of sp³-hybridized carbons (Fsp3) is 0.286. The van der Waals surface area contributed by atoms with Crippen molar-refractivity contribution in [3.63, 3.8) is 0 Å². The van der Waals surface area contributed by atoms with Crippen LogP contribution in [0, 0.1) is 5.82 Å². The molecule has 0 aliphatic rings. The fourth-order valence-electron chi connectivity index (χ4n) is 1.75. The van der Waals surface area contributed by atoms with Crippen molar-refractivity contribution < 1.29 is 13.9 Å². The molecule has 2 N–H and O–H groups in total. The average Bonchev–Trinajstić information content (AvgIpc) is 2.44. The Morgan fingerprint density at radius 3 is 2.70 bits per heavy atom. The molecule has 2 rings (SSSR count). The Balaban J connectivity index is 2.36. The Bertz CT molecular complexity index is 605. The van der Waals surface area contributed by atoms with Crippen LogP contribution < -0.4 is 10.5 Å². The predicted molar refractivity (Wildman–Crippen MR) is 73.7 cm³/mol. The molecule has 0 aliphatic carbocycles. The highest BCUT2D eigenvalue weighted by atomic mass is 19.1. The number of nitrogens with two attached hydrogens (primary N) is 1. The molecule has 5 nitrogen and oxygen atoms in total. The Hall–Kier alpha value is -2.21. The van der Waals surface area contributed by atoms with Gasteiger partial charge < -0.3 is 15.2 Å². The third-order valence-corrected chi connectivity index (χ3v) is 2.68. The van der Waals surface area contributed by atoms with Crippen LogP contribution in [0.1, 0.15) is 12.7 Å². The second-order valence-corrected chi connectivity index (χ2v) is 4.08. The predicted octanol–water partition coefficient (Wildman–Crippen LogP) is 2.41. The lowest BCUT2D eigenvalue weighted by Gasteiger charge is -2.08. The third kappa shape index (κ3) is 3.21. The van der Waals surface area contributed by atoms with Crippen LogP contribution in [0.2, 0.25) is 0 Å². The maximum Gasteiger partial charge on any atom is 0.165 e. The first-order chi connectivity index (χ1) is 9.63. The van der Waals surface area contributed by atoms with E-state index in [1.54, 1.807) is 18.2 Å². The summed E-state index contributed by atoms with van der Waals surface area (Å²) in [5.41, 5.74) is 6.89. The van der Waals surface area contributed by atoms with Gasteiger partial charge in [0.1, 0.15) is 12.4 Å². The molecule has 0 radical (unpaired) electrons. The molecule has 0 unspecified atom stereocenters. The quantitative estimate of drug-likeness (QED) is 0.908. The minimum atomic E-state index is -0.450. The zero-order chi connectivity index (χ0) is 14.5. The van der Waals surface area contributed by atoms with Crippen molar-refractivity contribution in [2.45, 2.75) is 13.5 Å². The molecule has 1 heterocycles. The number of nitrogens with zero attached hydrogens (tertiary/aromatic N) is 2. The van der Waals surface area contributed by atoms with E-state index in [9.17, 15) is 4.39 Å². The average molecular weight is 277 g/mol. The van der Waals surface area contributed by atoms with Gasteiger partial charge in [0.05, 0.1) is 12.8 Å². The lowest BCUT2D eigenvalue weighted by Crippen LogP contribution is -2.03. The summed E-state index contributed by atoms with van der Waals surface area (Å²) in [7, 11) is 1.42. The summed E-state index contributed by atoms with van der Waals surface area (Å²) < 4.78 is 23.9. The van der Waals surface area contributed by atoms with Gasteiger partial charge in [-0.05, 0) is 25.1 Å². The number of ether oxygens (including phenoxy) is 2. The van der Waals surface area contributed by atoms with Crippen LogP contribution in [-0.2, 0) is 11.3 Å². The molecule has 106 valence electrons. The lowest BCUT2D eigenvalue weighted by atomic mass is 10.1. The number of methoxy groups -OCH3 is 1. The first-order valence-corrected chi connectivity index (χ1v) is 6.19.